The number of carbonyl (C=O) groups is 1. The molecule has 0 aliphatic carbocycles. The van der Waals surface area contributed by atoms with E-state index in [1.54, 1.807) is 19.9 Å². The summed E-state index contributed by atoms with van der Waals surface area (Å²) in [6, 6.07) is 5.33. The van der Waals surface area contributed by atoms with Crippen LogP contribution in [0.4, 0.5) is 0 Å². The topological polar surface area (TPSA) is 55.1 Å². The summed E-state index contributed by atoms with van der Waals surface area (Å²) in [6.45, 7) is 3.84. The molecule has 94 valence electrons. The van der Waals surface area contributed by atoms with Crippen LogP contribution in [0, 0.1) is 0 Å². The molecule has 3 N–H and O–H groups in total. The van der Waals surface area contributed by atoms with Crippen LogP contribution in [0.15, 0.2) is 18.2 Å². The molecule has 0 fully saturated rings. The van der Waals surface area contributed by atoms with Crippen molar-refractivity contribution < 1.29 is 4.79 Å². The Labute approximate surface area is 111 Å². The highest BCUT2D eigenvalue weighted by Gasteiger charge is 2.20. The molecule has 3 nitrogen and oxygen atoms in total. The molecular formula is C12H16Cl2N2O. The third-order valence-corrected chi connectivity index (χ3v) is 2.64. The molecule has 0 atom stereocenters. The summed E-state index contributed by atoms with van der Waals surface area (Å²) in [5.74, 6) is -0.175. The number of benzene rings is 1. The Bertz CT molecular complexity index is 393. The van der Waals surface area contributed by atoms with E-state index in [-0.39, 0.29) is 5.91 Å². The molecule has 1 aromatic carbocycles. The zero-order valence-electron chi connectivity index (χ0n) is 9.89. The normalized spacial score (nSPS) is 11.4. The predicted octanol–water partition coefficient (Wildman–Crippen LogP) is 2.39. The lowest BCUT2D eigenvalue weighted by molar-refractivity contribution is -0.125. The lowest BCUT2D eigenvalue weighted by Gasteiger charge is -2.17. The van der Waals surface area contributed by atoms with Crippen molar-refractivity contribution in [1.82, 2.24) is 5.32 Å². The van der Waals surface area contributed by atoms with Gasteiger partial charge in [0.05, 0.1) is 5.54 Å². The van der Waals surface area contributed by atoms with Crippen molar-refractivity contribution in [2.45, 2.75) is 25.8 Å². The van der Waals surface area contributed by atoms with Crippen LogP contribution in [0.2, 0.25) is 10.0 Å². The van der Waals surface area contributed by atoms with Gasteiger partial charge in [-0.3, -0.25) is 4.79 Å². The van der Waals surface area contributed by atoms with Crippen LogP contribution >= 0.6 is 23.2 Å². The smallest absolute Gasteiger partial charge is 0.239 e. The molecule has 0 saturated heterocycles. The van der Waals surface area contributed by atoms with E-state index < -0.39 is 5.54 Å². The van der Waals surface area contributed by atoms with Crippen LogP contribution in [0.25, 0.3) is 0 Å². The summed E-state index contributed by atoms with van der Waals surface area (Å²) in [6.07, 6.45) is 0.669. The van der Waals surface area contributed by atoms with Gasteiger partial charge in [0.2, 0.25) is 5.91 Å². The Hall–Kier alpha value is -0.770. The van der Waals surface area contributed by atoms with Gasteiger partial charge < -0.3 is 11.1 Å². The molecule has 0 unspecified atom stereocenters. The molecule has 0 aliphatic rings. The second-order valence-corrected chi connectivity index (χ2v) is 5.38. The molecule has 0 bridgehead atoms. The minimum absolute atomic E-state index is 0.175. The first-order chi connectivity index (χ1) is 7.79. The maximum atomic E-state index is 11.5. The van der Waals surface area contributed by atoms with E-state index >= 15 is 0 Å². The molecule has 0 spiro atoms. The van der Waals surface area contributed by atoms with E-state index in [2.05, 4.69) is 5.32 Å². The number of nitrogens with two attached hydrogens (primary N) is 1. The first kappa shape index (κ1) is 14.3. The van der Waals surface area contributed by atoms with Gasteiger partial charge >= 0.3 is 0 Å². The summed E-state index contributed by atoms with van der Waals surface area (Å²) in [5, 5.41) is 3.95. The van der Waals surface area contributed by atoms with Gasteiger partial charge in [-0.05, 0) is 44.0 Å². The molecule has 1 aromatic rings. The van der Waals surface area contributed by atoms with Crippen molar-refractivity contribution in [3.63, 3.8) is 0 Å². The SMILES string of the molecule is CC(C)(N)C(=O)NCCc1cc(Cl)cc(Cl)c1. The number of hydrogen-bond acceptors (Lipinski definition) is 2. The molecule has 0 heterocycles. The minimum Gasteiger partial charge on any atom is -0.354 e. The first-order valence-corrected chi connectivity index (χ1v) is 6.07. The Morgan fingerprint density at radius 3 is 2.29 bits per heavy atom. The van der Waals surface area contributed by atoms with Crippen LogP contribution in [0.3, 0.4) is 0 Å². The van der Waals surface area contributed by atoms with E-state index in [0.29, 0.717) is 23.0 Å². The Balaban J connectivity index is 2.49. The highest BCUT2D eigenvalue weighted by atomic mass is 35.5. The van der Waals surface area contributed by atoms with Gasteiger partial charge in [0.15, 0.2) is 0 Å². The number of carbonyl (C=O) groups excluding carboxylic acids is 1. The fourth-order valence-electron chi connectivity index (χ4n) is 1.30. The van der Waals surface area contributed by atoms with Crippen LogP contribution in [0.1, 0.15) is 19.4 Å². The zero-order chi connectivity index (χ0) is 13.1. The van der Waals surface area contributed by atoms with Gasteiger partial charge in [0, 0.05) is 16.6 Å². The van der Waals surface area contributed by atoms with Gasteiger partial charge in [0.25, 0.3) is 0 Å². The Kier molecular flexibility index (Phi) is 4.80. The number of amides is 1. The van der Waals surface area contributed by atoms with Crippen molar-refractivity contribution in [3.8, 4) is 0 Å². The van der Waals surface area contributed by atoms with E-state index in [4.69, 9.17) is 28.9 Å². The van der Waals surface area contributed by atoms with Gasteiger partial charge in [-0.2, -0.15) is 0 Å². The maximum absolute atomic E-state index is 11.5. The molecule has 5 heteroatoms. The number of hydrogen-bond donors (Lipinski definition) is 2. The van der Waals surface area contributed by atoms with Crippen LogP contribution in [-0.4, -0.2) is 18.0 Å². The van der Waals surface area contributed by atoms with Crippen molar-refractivity contribution in [2.24, 2.45) is 5.73 Å². The molecule has 0 aliphatic heterocycles. The third kappa shape index (κ3) is 4.94. The van der Waals surface area contributed by atoms with E-state index in [0.717, 1.165) is 5.56 Å². The van der Waals surface area contributed by atoms with E-state index in [1.807, 2.05) is 12.1 Å². The largest absolute Gasteiger partial charge is 0.354 e. The third-order valence-electron chi connectivity index (χ3n) is 2.21. The predicted molar refractivity (Wildman–Crippen MR) is 71.4 cm³/mol. The summed E-state index contributed by atoms with van der Waals surface area (Å²) in [5.41, 5.74) is 5.78. The van der Waals surface area contributed by atoms with Crippen molar-refractivity contribution in [2.75, 3.05) is 6.54 Å². The highest BCUT2D eigenvalue weighted by molar-refractivity contribution is 6.34. The average molecular weight is 275 g/mol. The summed E-state index contributed by atoms with van der Waals surface area (Å²) < 4.78 is 0. The second kappa shape index (κ2) is 5.71. The monoisotopic (exact) mass is 274 g/mol. The number of halogens is 2. The first-order valence-electron chi connectivity index (χ1n) is 5.31. The molecule has 17 heavy (non-hydrogen) atoms. The molecule has 0 saturated carbocycles. The standard InChI is InChI=1S/C12H16Cl2N2O/c1-12(2,15)11(17)16-4-3-8-5-9(13)7-10(14)6-8/h5-7H,3-4,15H2,1-2H3,(H,16,17). The van der Waals surface area contributed by atoms with Crippen molar-refractivity contribution in [3.05, 3.63) is 33.8 Å². The summed E-state index contributed by atoms with van der Waals surface area (Å²) >= 11 is 11.7. The molecule has 1 rings (SSSR count). The van der Waals surface area contributed by atoms with E-state index in [9.17, 15) is 4.79 Å². The van der Waals surface area contributed by atoms with Crippen LogP contribution in [0.5, 0.6) is 0 Å². The van der Waals surface area contributed by atoms with Gasteiger partial charge in [0.1, 0.15) is 0 Å². The summed E-state index contributed by atoms with van der Waals surface area (Å²) in [7, 11) is 0. The molecular weight excluding hydrogens is 259 g/mol. The quantitative estimate of drug-likeness (QED) is 0.886. The minimum atomic E-state index is -0.855. The van der Waals surface area contributed by atoms with Crippen molar-refractivity contribution >= 4 is 29.1 Å². The highest BCUT2D eigenvalue weighted by Crippen LogP contribution is 2.19. The molecule has 1 amide bonds. The second-order valence-electron chi connectivity index (χ2n) is 4.51. The Morgan fingerprint density at radius 1 is 1.29 bits per heavy atom. The number of nitrogens with one attached hydrogen (secondary N) is 1. The molecule has 0 radical (unpaired) electrons. The van der Waals surface area contributed by atoms with Crippen molar-refractivity contribution in [1.29, 1.82) is 0 Å². The fourth-order valence-corrected chi connectivity index (χ4v) is 1.87. The summed E-state index contributed by atoms with van der Waals surface area (Å²) in [4.78, 5) is 11.5. The average Bonchev–Trinajstić information content (AvgIpc) is 2.14. The van der Waals surface area contributed by atoms with Gasteiger partial charge in [-0.15, -0.1) is 0 Å². The van der Waals surface area contributed by atoms with Crippen LogP contribution < -0.4 is 11.1 Å². The lowest BCUT2D eigenvalue weighted by Crippen LogP contribution is -2.49. The zero-order valence-corrected chi connectivity index (χ0v) is 11.4. The fraction of sp³-hybridized carbons (Fsp3) is 0.417. The van der Waals surface area contributed by atoms with Gasteiger partial charge in [-0.25, -0.2) is 0 Å². The maximum Gasteiger partial charge on any atom is 0.239 e. The Morgan fingerprint density at radius 2 is 1.82 bits per heavy atom. The molecule has 0 aromatic heterocycles. The van der Waals surface area contributed by atoms with E-state index in [1.165, 1.54) is 0 Å². The lowest BCUT2D eigenvalue weighted by atomic mass is 10.1. The number of rotatable bonds is 4. The van der Waals surface area contributed by atoms with Crippen LogP contribution in [-0.2, 0) is 11.2 Å². The van der Waals surface area contributed by atoms with Gasteiger partial charge in [-0.1, -0.05) is 23.2 Å².